The van der Waals surface area contributed by atoms with E-state index < -0.39 is 17.1 Å². The molecule has 0 amide bonds. The van der Waals surface area contributed by atoms with Crippen molar-refractivity contribution in [3.05, 3.63) is 58.1 Å². The maximum Gasteiger partial charge on any atom is 0.174 e. The van der Waals surface area contributed by atoms with Crippen molar-refractivity contribution < 1.29 is 19.4 Å². The van der Waals surface area contributed by atoms with E-state index in [1.165, 1.54) is 5.56 Å². The minimum atomic E-state index is -0.593. The number of halogens is 1. The molecule has 2 heterocycles. The second kappa shape index (κ2) is 6.22. The molecule has 0 radical (unpaired) electrons. The number of likely N-dealkylation sites (N-methyl/N-ethyl adjacent to an activating group) is 1. The fraction of sp³-hybridized carbons (Fsp3) is 0.458. The molecule has 2 aromatic rings. The van der Waals surface area contributed by atoms with E-state index in [0.29, 0.717) is 30.2 Å². The number of rotatable bonds is 3. The first kappa shape index (κ1) is 18.7. The average molecular weight is 426 g/mol. The number of hydrogen-bond acceptors (Lipinski definition) is 5. The first-order chi connectivity index (χ1) is 14.5. The number of likely N-dealkylation sites (tertiary alicyclic amines) is 1. The van der Waals surface area contributed by atoms with Crippen LogP contribution in [-0.2, 0) is 28.0 Å². The smallest absolute Gasteiger partial charge is 0.174 e. The molecular formula is C24H24ClNO4. The van der Waals surface area contributed by atoms with Crippen molar-refractivity contribution in [2.75, 3.05) is 13.6 Å². The molecule has 30 heavy (non-hydrogen) atoms. The van der Waals surface area contributed by atoms with Gasteiger partial charge in [-0.2, -0.15) is 0 Å². The molecule has 1 spiro atoms. The van der Waals surface area contributed by atoms with Crippen LogP contribution in [0, 0.1) is 0 Å². The maximum absolute atomic E-state index is 13.1. The molecule has 1 N–H and O–H groups in total. The number of ketones is 1. The summed E-state index contributed by atoms with van der Waals surface area (Å²) in [4.78, 5) is 15.5. The van der Waals surface area contributed by atoms with Gasteiger partial charge in [0.25, 0.3) is 0 Å². The number of aromatic hydroxyl groups is 1. The summed E-state index contributed by atoms with van der Waals surface area (Å²) >= 11 is 6.20. The molecule has 1 saturated heterocycles. The lowest BCUT2D eigenvalue weighted by Crippen LogP contribution is -2.76. The second-order valence-electron chi connectivity index (χ2n) is 9.14. The number of Topliss-reactive ketones (excluding diaryl/α,β-unsaturated/α-hetero) is 1. The molecule has 2 aromatic carbocycles. The molecule has 156 valence electrons. The number of hydrogen-bond donors (Lipinski definition) is 1. The fourth-order valence-corrected chi connectivity index (χ4v) is 6.85. The van der Waals surface area contributed by atoms with Crippen molar-refractivity contribution in [3.8, 4) is 11.5 Å². The van der Waals surface area contributed by atoms with E-state index in [2.05, 4.69) is 11.9 Å². The molecule has 5 nitrogen and oxygen atoms in total. The Balaban J connectivity index is 1.54. The topological polar surface area (TPSA) is 59.0 Å². The summed E-state index contributed by atoms with van der Waals surface area (Å²) in [5, 5.41) is 11.3. The predicted octanol–water partition coefficient (Wildman–Crippen LogP) is 3.62. The highest BCUT2D eigenvalue weighted by Crippen LogP contribution is 2.65. The highest BCUT2D eigenvalue weighted by atomic mass is 35.5. The van der Waals surface area contributed by atoms with Crippen LogP contribution in [0.2, 0.25) is 5.02 Å². The number of nitrogens with zero attached hydrogens (tertiary/aromatic N) is 1. The standard InChI is InChI=1S/C24H24ClNO4/c1-26-10-9-23-20-15-5-6-17(27)21(20)30-22(23)18(28)7-8-24(23,19(26)12-15)29-13-14-3-2-4-16(25)11-14/h2-6,11,19,22,27H,7-10,12-13H2,1H3/t19-,22?,23+,24-/m1/s1. The Bertz CT molecular complexity index is 1070. The summed E-state index contributed by atoms with van der Waals surface area (Å²) in [7, 11) is 2.15. The van der Waals surface area contributed by atoms with E-state index in [9.17, 15) is 9.90 Å². The minimum Gasteiger partial charge on any atom is -0.504 e. The van der Waals surface area contributed by atoms with Crippen LogP contribution in [-0.4, -0.2) is 47.1 Å². The lowest BCUT2D eigenvalue weighted by molar-refractivity contribution is -0.215. The van der Waals surface area contributed by atoms with E-state index in [0.717, 1.165) is 30.5 Å². The first-order valence-electron chi connectivity index (χ1n) is 10.6. The third-order valence-corrected chi connectivity index (χ3v) is 8.11. The van der Waals surface area contributed by atoms with Gasteiger partial charge in [-0.1, -0.05) is 29.8 Å². The average Bonchev–Trinajstić information content (AvgIpc) is 3.09. The van der Waals surface area contributed by atoms with Gasteiger partial charge in [0.05, 0.1) is 17.6 Å². The molecule has 2 aliphatic heterocycles. The highest BCUT2D eigenvalue weighted by Gasteiger charge is 2.73. The van der Waals surface area contributed by atoms with Crippen LogP contribution in [0.5, 0.6) is 11.5 Å². The van der Waals surface area contributed by atoms with E-state index in [1.807, 2.05) is 30.3 Å². The zero-order valence-electron chi connectivity index (χ0n) is 16.9. The van der Waals surface area contributed by atoms with Crippen molar-refractivity contribution in [1.29, 1.82) is 0 Å². The van der Waals surface area contributed by atoms with E-state index in [4.69, 9.17) is 21.1 Å². The third kappa shape index (κ3) is 2.18. The zero-order chi connectivity index (χ0) is 20.7. The Kier molecular flexibility index (Phi) is 3.87. The monoisotopic (exact) mass is 425 g/mol. The molecule has 2 aliphatic carbocycles. The van der Waals surface area contributed by atoms with Crippen molar-refractivity contribution in [2.24, 2.45) is 0 Å². The van der Waals surface area contributed by atoms with Crippen molar-refractivity contribution in [1.82, 2.24) is 4.90 Å². The predicted molar refractivity (Wildman–Crippen MR) is 112 cm³/mol. The van der Waals surface area contributed by atoms with Gasteiger partial charge in [0.15, 0.2) is 23.4 Å². The Morgan fingerprint density at radius 2 is 2.17 bits per heavy atom. The van der Waals surface area contributed by atoms with Gasteiger partial charge in [-0.3, -0.25) is 4.79 Å². The van der Waals surface area contributed by atoms with Gasteiger partial charge in [-0.25, -0.2) is 0 Å². The quantitative estimate of drug-likeness (QED) is 0.813. The minimum absolute atomic E-state index is 0.115. The molecule has 2 bridgehead atoms. The van der Waals surface area contributed by atoms with Crippen LogP contribution in [0.4, 0.5) is 0 Å². The highest BCUT2D eigenvalue weighted by molar-refractivity contribution is 6.30. The summed E-state index contributed by atoms with van der Waals surface area (Å²) in [6.45, 7) is 1.30. The lowest BCUT2D eigenvalue weighted by atomic mass is 9.49. The van der Waals surface area contributed by atoms with Gasteiger partial charge in [-0.05, 0) is 62.2 Å². The van der Waals surface area contributed by atoms with Crippen LogP contribution in [0.15, 0.2) is 36.4 Å². The molecule has 6 rings (SSSR count). The maximum atomic E-state index is 13.1. The first-order valence-corrected chi connectivity index (χ1v) is 11.0. The van der Waals surface area contributed by atoms with E-state index >= 15 is 0 Å². The number of phenols is 1. The van der Waals surface area contributed by atoms with Crippen LogP contribution >= 0.6 is 11.6 Å². The van der Waals surface area contributed by atoms with Crippen molar-refractivity contribution >= 4 is 17.4 Å². The van der Waals surface area contributed by atoms with Crippen molar-refractivity contribution in [3.63, 3.8) is 0 Å². The molecule has 4 aliphatic rings. The lowest BCUT2D eigenvalue weighted by Gasteiger charge is -2.64. The number of phenolic OH excluding ortho intramolecular Hbond substituents is 1. The third-order valence-electron chi connectivity index (χ3n) is 7.87. The zero-order valence-corrected chi connectivity index (χ0v) is 17.6. The van der Waals surface area contributed by atoms with Gasteiger partial charge >= 0.3 is 0 Å². The fourth-order valence-electron chi connectivity index (χ4n) is 6.64. The van der Waals surface area contributed by atoms with E-state index in [1.54, 1.807) is 6.07 Å². The number of carbonyl (C=O) groups is 1. The Morgan fingerprint density at radius 1 is 1.30 bits per heavy atom. The van der Waals surface area contributed by atoms with Crippen molar-refractivity contribution in [2.45, 2.75) is 55.5 Å². The summed E-state index contributed by atoms with van der Waals surface area (Å²) in [6.07, 6.45) is 2.09. The SMILES string of the molecule is CN1CC[C@]23c4c5ccc(O)c4OC2C(=O)CC[C@@]3(OCc2cccc(Cl)c2)[C@H]1C5. The number of benzene rings is 2. The molecule has 2 fully saturated rings. The molecule has 6 heteroatoms. The Morgan fingerprint density at radius 3 is 3.00 bits per heavy atom. The molecule has 1 saturated carbocycles. The molecule has 1 unspecified atom stereocenters. The molecule has 4 atom stereocenters. The van der Waals surface area contributed by atoms with Crippen LogP contribution < -0.4 is 4.74 Å². The summed E-state index contributed by atoms with van der Waals surface area (Å²) in [5.74, 6) is 0.724. The van der Waals surface area contributed by atoms with Crippen LogP contribution in [0.3, 0.4) is 0 Å². The summed E-state index contributed by atoms with van der Waals surface area (Å²) in [6, 6.07) is 11.6. The van der Waals surface area contributed by atoms with Gasteiger partial charge in [0, 0.05) is 23.0 Å². The number of ether oxygens (including phenoxy) is 2. The molecule has 0 aromatic heterocycles. The number of carbonyl (C=O) groups excluding carboxylic acids is 1. The van der Waals surface area contributed by atoms with Crippen LogP contribution in [0.1, 0.15) is 36.0 Å². The largest absolute Gasteiger partial charge is 0.504 e. The van der Waals surface area contributed by atoms with Gasteiger partial charge < -0.3 is 19.5 Å². The summed E-state index contributed by atoms with van der Waals surface area (Å²) in [5.41, 5.74) is 2.09. The van der Waals surface area contributed by atoms with Gasteiger partial charge in [0.1, 0.15) is 0 Å². The summed E-state index contributed by atoms with van der Waals surface area (Å²) < 4.78 is 13.1. The number of piperidine rings is 1. The van der Waals surface area contributed by atoms with Gasteiger partial charge in [-0.15, -0.1) is 0 Å². The normalized spacial score (nSPS) is 33.9. The second-order valence-corrected chi connectivity index (χ2v) is 9.58. The van der Waals surface area contributed by atoms with E-state index in [-0.39, 0.29) is 17.6 Å². The Labute approximate surface area is 180 Å². The Hall–Kier alpha value is -2.08. The molecular weight excluding hydrogens is 402 g/mol. The van der Waals surface area contributed by atoms with Gasteiger partial charge in [0.2, 0.25) is 0 Å². The van der Waals surface area contributed by atoms with Crippen LogP contribution in [0.25, 0.3) is 0 Å².